The van der Waals surface area contributed by atoms with E-state index in [1.165, 1.54) is 5.56 Å². The quantitative estimate of drug-likeness (QED) is 0.663. The Morgan fingerprint density at radius 3 is 2.52 bits per heavy atom. The molecular formula is C18H15N3. The van der Waals surface area contributed by atoms with Crippen molar-refractivity contribution in [3.8, 4) is 6.07 Å². The molecule has 1 heterocycles. The van der Waals surface area contributed by atoms with Gasteiger partial charge >= 0.3 is 0 Å². The zero-order valence-electron chi connectivity index (χ0n) is 12.0. The summed E-state index contributed by atoms with van der Waals surface area (Å²) in [5, 5.41) is 9.47. The summed E-state index contributed by atoms with van der Waals surface area (Å²) in [6, 6.07) is 18.2. The van der Waals surface area contributed by atoms with Crippen molar-refractivity contribution >= 4 is 22.7 Å². The highest BCUT2D eigenvalue weighted by molar-refractivity contribution is 5.90. The van der Waals surface area contributed by atoms with Crippen molar-refractivity contribution < 1.29 is 0 Å². The lowest BCUT2D eigenvalue weighted by Crippen LogP contribution is -1.96. The Morgan fingerprint density at radius 1 is 1.14 bits per heavy atom. The maximum absolute atomic E-state index is 9.47. The molecule has 1 aromatic heterocycles. The summed E-state index contributed by atoms with van der Waals surface area (Å²) in [6.07, 6.45) is 1.88. The van der Waals surface area contributed by atoms with Crippen LogP contribution in [0.25, 0.3) is 22.7 Å². The molecule has 0 atom stereocenters. The van der Waals surface area contributed by atoms with Crippen molar-refractivity contribution in [1.82, 2.24) is 9.55 Å². The van der Waals surface area contributed by atoms with Crippen LogP contribution in [0.4, 0.5) is 0 Å². The third-order valence-corrected chi connectivity index (χ3v) is 3.54. The molecule has 0 spiro atoms. The van der Waals surface area contributed by atoms with Crippen LogP contribution < -0.4 is 0 Å². The van der Waals surface area contributed by atoms with E-state index < -0.39 is 0 Å². The second-order valence-electron chi connectivity index (χ2n) is 5.06. The molecule has 0 unspecified atom stereocenters. The Balaban J connectivity index is 2.12. The van der Waals surface area contributed by atoms with Gasteiger partial charge in [-0.15, -0.1) is 0 Å². The SMILES string of the molecule is Cc1ccc(/C=C(\C#N)c2nc3ccccc3n2C)cc1. The smallest absolute Gasteiger partial charge is 0.151 e. The van der Waals surface area contributed by atoms with Gasteiger partial charge in [0.05, 0.1) is 16.6 Å². The number of aromatic nitrogens is 2. The van der Waals surface area contributed by atoms with Gasteiger partial charge in [-0.25, -0.2) is 4.98 Å². The Hall–Kier alpha value is -2.86. The molecule has 0 aliphatic heterocycles. The van der Waals surface area contributed by atoms with E-state index in [1.807, 2.05) is 73.1 Å². The molecule has 3 rings (SSSR count). The van der Waals surface area contributed by atoms with Crippen LogP contribution in [0.5, 0.6) is 0 Å². The molecule has 0 aliphatic rings. The standard InChI is InChI=1S/C18H15N3/c1-13-7-9-14(10-8-13)11-15(12-19)18-20-16-5-3-4-6-17(16)21(18)2/h3-11H,1-2H3/b15-11+. The lowest BCUT2D eigenvalue weighted by molar-refractivity contribution is 0.925. The van der Waals surface area contributed by atoms with E-state index in [-0.39, 0.29) is 0 Å². The predicted molar refractivity (Wildman–Crippen MR) is 85.4 cm³/mol. The van der Waals surface area contributed by atoms with Gasteiger partial charge in [-0.1, -0.05) is 42.0 Å². The fourth-order valence-electron chi connectivity index (χ4n) is 2.36. The van der Waals surface area contributed by atoms with Crippen molar-refractivity contribution in [1.29, 1.82) is 5.26 Å². The number of hydrogen-bond donors (Lipinski definition) is 0. The Morgan fingerprint density at radius 2 is 1.86 bits per heavy atom. The number of allylic oxidation sites excluding steroid dienone is 1. The highest BCUT2D eigenvalue weighted by Gasteiger charge is 2.11. The molecule has 0 amide bonds. The molecule has 21 heavy (non-hydrogen) atoms. The summed E-state index contributed by atoms with van der Waals surface area (Å²) in [4.78, 5) is 4.57. The molecule has 3 nitrogen and oxygen atoms in total. The van der Waals surface area contributed by atoms with Crippen molar-refractivity contribution in [3.63, 3.8) is 0 Å². The van der Waals surface area contributed by atoms with Gasteiger partial charge in [-0.05, 0) is 30.7 Å². The minimum absolute atomic E-state index is 0.567. The van der Waals surface area contributed by atoms with E-state index in [9.17, 15) is 5.26 Å². The van der Waals surface area contributed by atoms with Gasteiger partial charge < -0.3 is 4.57 Å². The van der Waals surface area contributed by atoms with Gasteiger partial charge in [0.1, 0.15) is 6.07 Å². The molecule has 3 aromatic rings. The number of rotatable bonds is 2. The first kappa shape index (κ1) is 13.1. The van der Waals surface area contributed by atoms with Crippen molar-refractivity contribution in [2.24, 2.45) is 7.05 Å². The molecule has 0 bridgehead atoms. The average molecular weight is 273 g/mol. The van der Waals surface area contributed by atoms with Crippen molar-refractivity contribution in [2.45, 2.75) is 6.92 Å². The van der Waals surface area contributed by atoms with Crippen LogP contribution in [0.1, 0.15) is 17.0 Å². The van der Waals surface area contributed by atoms with Gasteiger partial charge in [0.2, 0.25) is 0 Å². The maximum Gasteiger partial charge on any atom is 0.151 e. The summed E-state index contributed by atoms with van der Waals surface area (Å²) >= 11 is 0. The average Bonchev–Trinajstić information content (AvgIpc) is 2.84. The summed E-state index contributed by atoms with van der Waals surface area (Å²) in [6.45, 7) is 2.05. The summed E-state index contributed by atoms with van der Waals surface area (Å²) in [5.41, 5.74) is 4.70. The van der Waals surface area contributed by atoms with Crippen LogP contribution in [-0.2, 0) is 7.05 Å². The van der Waals surface area contributed by atoms with E-state index in [4.69, 9.17) is 0 Å². The van der Waals surface area contributed by atoms with Crippen molar-refractivity contribution in [3.05, 3.63) is 65.5 Å². The Kier molecular flexibility index (Phi) is 3.29. The van der Waals surface area contributed by atoms with E-state index >= 15 is 0 Å². The van der Waals surface area contributed by atoms with Crippen LogP contribution in [0.2, 0.25) is 0 Å². The first-order chi connectivity index (χ1) is 10.2. The number of fused-ring (bicyclic) bond motifs is 1. The zero-order chi connectivity index (χ0) is 14.8. The van der Waals surface area contributed by atoms with E-state index in [0.717, 1.165) is 16.6 Å². The first-order valence-corrected chi connectivity index (χ1v) is 6.79. The fraction of sp³-hybridized carbons (Fsp3) is 0.111. The lowest BCUT2D eigenvalue weighted by Gasteiger charge is -2.01. The largest absolute Gasteiger partial charge is 0.327 e. The molecule has 0 saturated carbocycles. The van der Waals surface area contributed by atoms with Gasteiger partial charge in [0, 0.05) is 7.05 Å². The maximum atomic E-state index is 9.47. The minimum atomic E-state index is 0.567. The van der Waals surface area contributed by atoms with Gasteiger partial charge in [0.15, 0.2) is 5.82 Å². The predicted octanol–water partition coefficient (Wildman–Crippen LogP) is 3.95. The zero-order valence-corrected chi connectivity index (χ0v) is 12.0. The molecular weight excluding hydrogens is 258 g/mol. The third-order valence-electron chi connectivity index (χ3n) is 3.54. The number of aryl methyl sites for hydroxylation is 2. The van der Waals surface area contributed by atoms with Crippen LogP contribution in [-0.4, -0.2) is 9.55 Å². The summed E-state index contributed by atoms with van der Waals surface area (Å²) < 4.78 is 1.96. The molecule has 0 radical (unpaired) electrons. The van der Waals surface area contributed by atoms with E-state index in [0.29, 0.717) is 11.4 Å². The second kappa shape index (κ2) is 5.26. The van der Waals surface area contributed by atoms with Crippen LogP contribution >= 0.6 is 0 Å². The third kappa shape index (κ3) is 2.44. The highest BCUT2D eigenvalue weighted by atomic mass is 15.1. The number of benzene rings is 2. The molecule has 0 saturated heterocycles. The van der Waals surface area contributed by atoms with Gasteiger partial charge in [0.25, 0.3) is 0 Å². The van der Waals surface area contributed by atoms with Crippen molar-refractivity contribution in [2.75, 3.05) is 0 Å². The monoisotopic (exact) mass is 273 g/mol. The summed E-state index contributed by atoms with van der Waals surface area (Å²) in [7, 11) is 1.94. The normalized spacial score (nSPS) is 11.6. The Labute approximate surface area is 123 Å². The summed E-state index contributed by atoms with van der Waals surface area (Å²) in [5.74, 6) is 0.694. The fourth-order valence-corrected chi connectivity index (χ4v) is 2.36. The molecule has 3 heteroatoms. The first-order valence-electron chi connectivity index (χ1n) is 6.79. The number of hydrogen-bond acceptors (Lipinski definition) is 2. The second-order valence-corrected chi connectivity index (χ2v) is 5.06. The van der Waals surface area contributed by atoms with Crippen LogP contribution in [0.15, 0.2) is 48.5 Å². The number of imidazole rings is 1. The Bertz CT molecular complexity index is 862. The number of nitriles is 1. The topological polar surface area (TPSA) is 41.6 Å². The molecule has 0 aliphatic carbocycles. The van der Waals surface area contributed by atoms with E-state index in [1.54, 1.807) is 0 Å². The lowest BCUT2D eigenvalue weighted by atomic mass is 10.1. The van der Waals surface area contributed by atoms with Gasteiger partial charge in [-0.3, -0.25) is 0 Å². The number of nitrogens with zero attached hydrogens (tertiary/aromatic N) is 3. The number of para-hydroxylation sites is 2. The van der Waals surface area contributed by atoms with Gasteiger partial charge in [-0.2, -0.15) is 5.26 Å². The highest BCUT2D eigenvalue weighted by Crippen LogP contribution is 2.22. The van der Waals surface area contributed by atoms with Crippen LogP contribution in [0.3, 0.4) is 0 Å². The molecule has 0 N–H and O–H groups in total. The van der Waals surface area contributed by atoms with E-state index in [2.05, 4.69) is 11.1 Å². The minimum Gasteiger partial charge on any atom is -0.327 e. The molecule has 102 valence electrons. The molecule has 0 fully saturated rings. The van der Waals surface area contributed by atoms with Crippen LogP contribution in [0, 0.1) is 18.3 Å². The molecule has 2 aromatic carbocycles.